The van der Waals surface area contributed by atoms with E-state index >= 15 is 0 Å². The fourth-order valence-electron chi connectivity index (χ4n) is 3.04. The number of hydrogen-bond donors (Lipinski definition) is 1. The number of aryl methyl sites for hydroxylation is 1. The zero-order chi connectivity index (χ0) is 15.6. The molecule has 1 N–H and O–H groups in total. The summed E-state index contributed by atoms with van der Waals surface area (Å²) in [5.74, 6) is -0.119. The Kier molecular flexibility index (Phi) is 4.61. The number of ketones is 2. The molecule has 3 heteroatoms. The number of rotatable bonds is 4. The van der Waals surface area contributed by atoms with Crippen molar-refractivity contribution in [2.45, 2.75) is 46.0 Å². The lowest BCUT2D eigenvalue weighted by atomic mass is 9.81. The second-order valence-electron chi connectivity index (χ2n) is 5.92. The van der Waals surface area contributed by atoms with Crippen LogP contribution >= 0.6 is 0 Å². The van der Waals surface area contributed by atoms with Gasteiger partial charge in [0.2, 0.25) is 0 Å². The predicted molar refractivity (Wildman–Crippen MR) is 83.5 cm³/mol. The zero-order valence-electron chi connectivity index (χ0n) is 12.7. The summed E-state index contributed by atoms with van der Waals surface area (Å²) in [6, 6.07) is 3.13. The second kappa shape index (κ2) is 6.25. The van der Waals surface area contributed by atoms with E-state index in [4.69, 9.17) is 0 Å². The van der Waals surface area contributed by atoms with Crippen LogP contribution in [0, 0.1) is 12.8 Å². The number of carbonyl (C=O) groups excluding carboxylic acids is 2. The lowest BCUT2D eigenvalue weighted by Crippen LogP contribution is -2.19. The first-order chi connectivity index (χ1) is 9.91. The van der Waals surface area contributed by atoms with Gasteiger partial charge in [-0.05, 0) is 49.9 Å². The van der Waals surface area contributed by atoms with E-state index < -0.39 is 0 Å². The van der Waals surface area contributed by atoms with Gasteiger partial charge in [0.1, 0.15) is 5.75 Å². The summed E-state index contributed by atoms with van der Waals surface area (Å²) < 4.78 is 0. The SMILES string of the molecule is C=C(C(=O)C1CCCCC1)c1cc(C(C)=O)c(O)cc1C. The maximum Gasteiger partial charge on any atom is 0.165 e. The van der Waals surface area contributed by atoms with Crippen LogP contribution in [0.4, 0.5) is 0 Å². The summed E-state index contributed by atoms with van der Waals surface area (Å²) in [7, 11) is 0. The van der Waals surface area contributed by atoms with Crippen LogP contribution in [0.15, 0.2) is 18.7 Å². The minimum absolute atomic E-state index is 0.0401. The molecule has 0 heterocycles. The van der Waals surface area contributed by atoms with E-state index in [9.17, 15) is 14.7 Å². The quantitative estimate of drug-likeness (QED) is 0.670. The molecule has 1 aromatic carbocycles. The van der Waals surface area contributed by atoms with Gasteiger partial charge in [-0.2, -0.15) is 0 Å². The Labute approximate surface area is 125 Å². The van der Waals surface area contributed by atoms with Gasteiger partial charge in [0.25, 0.3) is 0 Å². The molecule has 0 amide bonds. The van der Waals surface area contributed by atoms with Gasteiger partial charge in [-0.25, -0.2) is 0 Å². The molecule has 112 valence electrons. The number of phenols is 1. The molecule has 0 spiro atoms. The number of aromatic hydroxyl groups is 1. The van der Waals surface area contributed by atoms with E-state index in [2.05, 4.69) is 6.58 Å². The first kappa shape index (κ1) is 15.5. The van der Waals surface area contributed by atoms with Crippen LogP contribution in [0.25, 0.3) is 5.57 Å². The van der Waals surface area contributed by atoms with Crippen molar-refractivity contribution in [2.24, 2.45) is 5.92 Å². The van der Waals surface area contributed by atoms with Crippen LogP contribution in [-0.2, 0) is 4.79 Å². The minimum atomic E-state index is -0.216. The Bertz CT molecular complexity index is 593. The molecule has 0 unspecified atom stereocenters. The third kappa shape index (κ3) is 3.23. The monoisotopic (exact) mass is 286 g/mol. The largest absolute Gasteiger partial charge is 0.507 e. The summed E-state index contributed by atoms with van der Waals surface area (Å²) in [5, 5.41) is 9.82. The predicted octanol–water partition coefficient (Wildman–Crippen LogP) is 4.07. The van der Waals surface area contributed by atoms with Crippen molar-refractivity contribution in [1.82, 2.24) is 0 Å². The summed E-state index contributed by atoms with van der Waals surface area (Å²) in [6.45, 7) is 7.17. The fourth-order valence-corrected chi connectivity index (χ4v) is 3.04. The minimum Gasteiger partial charge on any atom is -0.507 e. The molecular formula is C18H22O3. The zero-order valence-corrected chi connectivity index (χ0v) is 12.7. The van der Waals surface area contributed by atoms with Crippen molar-refractivity contribution in [1.29, 1.82) is 0 Å². The van der Waals surface area contributed by atoms with E-state index in [1.165, 1.54) is 19.4 Å². The first-order valence-corrected chi connectivity index (χ1v) is 7.50. The molecule has 0 aliphatic heterocycles. The number of Topliss-reactive ketones (excluding diaryl/α,β-unsaturated/α-hetero) is 2. The third-order valence-electron chi connectivity index (χ3n) is 4.32. The van der Waals surface area contributed by atoms with Crippen molar-refractivity contribution in [2.75, 3.05) is 0 Å². The number of carbonyl (C=O) groups is 2. The second-order valence-corrected chi connectivity index (χ2v) is 5.92. The summed E-state index contributed by atoms with van der Waals surface area (Å²) in [5.41, 5.74) is 2.15. The van der Waals surface area contributed by atoms with Gasteiger partial charge in [0, 0.05) is 11.5 Å². The van der Waals surface area contributed by atoms with Crippen LogP contribution in [0.2, 0.25) is 0 Å². The van der Waals surface area contributed by atoms with E-state index in [1.54, 1.807) is 6.07 Å². The highest BCUT2D eigenvalue weighted by molar-refractivity contribution is 6.21. The van der Waals surface area contributed by atoms with E-state index in [-0.39, 0.29) is 28.8 Å². The first-order valence-electron chi connectivity index (χ1n) is 7.50. The number of hydrogen-bond acceptors (Lipinski definition) is 3. The fraction of sp³-hybridized carbons (Fsp3) is 0.444. The summed E-state index contributed by atoms with van der Waals surface area (Å²) in [6.07, 6.45) is 5.24. The van der Waals surface area contributed by atoms with Gasteiger partial charge in [0.15, 0.2) is 11.6 Å². The molecule has 1 fully saturated rings. The molecule has 0 bridgehead atoms. The Hall–Kier alpha value is -1.90. The van der Waals surface area contributed by atoms with E-state index in [0.717, 1.165) is 31.2 Å². The molecule has 0 saturated heterocycles. The van der Waals surface area contributed by atoms with E-state index in [1.807, 2.05) is 6.92 Å². The van der Waals surface area contributed by atoms with Gasteiger partial charge in [-0.3, -0.25) is 9.59 Å². The maximum atomic E-state index is 12.6. The van der Waals surface area contributed by atoms with Gasteiger partial charge < -0.3 is 5.11 Å². The highest BCUT2D eigenvalue weighted by Gasteiger charge is 2.25. The average Bonchev–Trinajstić information content (AvgIpc) is 2.46. The Morgan fingerprint density at radius 3 is 2.33 bits per heavy atom. The Morgan fingerprint density at radius 1 is 1.14 bits per heavy atom. The van der Waals surface area contributed by atoms with Crippen molar-refractivity contribution in [3.05, 3.63) is 35.4 Å². The molecule has 21 heavy (non-hydrogen) atoms. The lowest BCUT2D eigenvalue weighted by Gasteiger charge is -2.22. The van der Waals surface area contributed by atoms with Crippen molar-refractivity contribution in [3.8, 4) is 5.75 Å². The molecule has 1 aliphatic rings. The van der Waals surface area contributed by atoms with E-state index in [0.29, 0.717) is 11.1 Å². The van der Waals surface area contributed by atoms with Crippen LogP contribution in [0.5, 0.6) is 5.75 Å². The number of allylic oxidation sites excluding steroid dienone is 1. The average molecular weight is 286 g/mol. The Morgan fingerprint density at radius 2 is 1.76 bits per heavy atom. The lowest BCUT2D eigenvalue weighted by molar-refractivity contribution is -0.118. The van der Waals surface area contributed by atoms with Crippen LogP contribution in [0.3, 0.4) is 0 Å². The molecule has 2 rings (SSSR count). The third-order valence-corrected chi connectivity index (χ3v) is 4.32. The van der Waals surface area contributed by atoms with Gasteiger partial charge >= 0.3 is 0 Å². The van der Waals surface area contributed by atoms with Crippen molar-refractivity contribution >= 4 is 17.1 Å². The van der Waals surface area contributed by atoms with Gasteiger partial charge in [-0.1, -0.05) is 25.8 Å². The van der Waals surface area contributed by atoms with Gasteiger partial charge in [0.05, 0.1) is 5.56 Å². The molecule has 1 aromatic rings. The maximum absolute atomic E-state index is 12.6. The number of phenolic OH excluding ortho intramolecular Hbond substituents is 1. The molecular weight excluding hydrogens is 264 g/mol. The van der Waals surface area contributed by atoms with Crippen LogP contribution < -0.4 is 0 Å². The van der Waals surface area contributed by atoms with Crippen LogP contribution in [0.1, 0.15) is 60.5 Å². The molecule has 0 atom stereocenters. The summed E-state index contributed by atoms with van der Waals surface area (Å²) >= 11 is 0. The molecule has 1 saturated carbocycles. The normalized spacial score (nSPS) is 15.7. The topological polar surface area (TPSA) is 54.4 Å². The standard InChI is InChI=1S/C18H22O3/c1-11-9-17(20)16(13(3)19)10-15(11)12(2)18(21)14-7-5-4-6-8-14/h9-10,14,20H,2,4-8H2,1,3H3. The number of benzene rings is 1. The highest BCUT2D eigenvalue weighted by atomic mass is 16.3. The van der Waals surface area contributed by atoms with Crippen LogP contribution in [-0.4, -0.2) is 16.7 Å². The smallest absolute Gasteiger partial charge is 0.165 e. The van der Waals surface area contributed by atoms with Crippen molar-refractivity contribution in [3.63, 3.8) is 0 Å². The summed E-state index contributed by atoms with van der Waals surface area (Å²) in [4.78, 5) is 24.1. The highest BCUT2D eigenvalue weighted by Crippen LogP contribution is 2.32. The Balaban J connectivity index is 2.32. The molecule has 0 radical (unpaired) electrons. The molecule has 1 aliphatic carbocycles. The van der Waals surface area contributed by atoms with Gasteiger partial charge in [-0.15, -0.1) is 0 Å². The molecule has 0 aromatic heterocycles. The van der Waals surface area contributed by atoms with Crippen molar-refractivity contribution < 1.29 is 14.7 Å². The molecule has 3 nitrogen and oxygen atoms in total.